The lowest BCUT2D eigenvalue weighted by atomic mass is 10.0. The van der Waals surface area contributed by atoms with Crippen LogP contribution in [-0.2, 0) is 4.74 Å². The summed E-state index contributed by atoms with van der Waals surface area (Å²) in [4.78, 5) is 11.0. The number of rotatable bonds is 1. The van der Waals surface area contributed by atoms with E-state index >= 15 is 0 Å². The third-order valence-corrected chi connectivity index (χ3v) is 2.50. The normalized spacial score (nSPS) is 19.4. The number of ether oxygens (including phenoxy) is 1. The Morgan fingerprint density at radius 1 is 1.50 bits per heavy atom. The molecule has 6 heteroatoms. The minimum absolute atomic E-state index is 0. The molecule has 1 fully saturated rings. The topological polar surface area (TPSA) is 38.3 Å². The molecule has 16 heavy (non-hydrogen) atoms. The zero-order chi connectivity index (χ0) is 10.8. The molecule has 0 aromatic heterocycles. The highest BCUT2D eigenvalue weighted by atomic mass is 35.5. The molecule has 0 bridgehead atoms. The third kappa shape index (κ3) is 2.77. The lowest BCUT2D eigenvalue weighted by Crippen LogP contribution is -2.35. The van der Waals surface area contributed by atoms with Gasteiger partial charge in [-0.15, -0.1) is 12.4 Å². The Morgan fingerprint density at radius 3 is 2.94 bits per heavy atom. The van der Waals surface area contributed by atoms with Gasteiger partial charge in [-0.3, -0.25) is 0 Å². The summed E-state index contributed by atoms with van der Waals surface area (Å²) in [6.07, 6.45) is 0.0221. The molecule has 0 spiro atoms. The van der Waals surface area contributed by atoms with Crippen LogP contribution in [0.5, 0.6) is 0 Å². The van der Waals surface area contributed by atoms with Gasteiger partial charge in [0, 0.05) is 17.0 Å². The maximum atomic E-state index is 13.4. The summed E-state index contributed by atoms with van der Waals surface area (Å²) in [5, 5.41) is 2.99. The molecule has 0 unspecified atom stereocenters. The third-order valence-electron chi connectivity index (χ3n) is 2.27. The van der Waals surface area contributed by atoms with Gasteiger partial charge in [-0.2, -0.15) is 0 Å². The Balaban J connectivity index is 0.00000128. The predicted molar refractivity (Wildman–Crippen MR) is 60.5 cm³/mol. The molecule has 1 amide bonds. The Labute approximate surface area is 103 Å². The van der Waals surface area contributed by atoms with Gasteiger partial charge in [-0.1, -0.05) is 11.6 Å². The molecule has 1 saturated heterocycles. The molecule has 0 radical (unpaired) electrons. The highest BCUT2D eigenvalue weighted by Gasteiger charge is 2.23. The van der Waals surface area contributed by atoms with Crippen molar-refractivity contribution in [3.8, 4) is 0 Å². The number of nitrogens with one attached hydrogen (secondary N) is 1. The van der Waals surface area contributed by atoms with Crippen molar-refractivity contribution in [2.75, 3.05) is 6.61 Å². The first-order chi connectivity index (χ1) is 7.16. The van der Waals surface area contributed by atoms with Gasteiger partial charge >= 0.3 is 6.09 Å². The van der Waals surface area contributed by atoms with Gasteiger partial charge in [-0.25, -0.2) is 9.18 Å². The fourth-order valence-electron chi connectivity index (χ4n) is 1.54. The maximum Gasteiger partial charge on any atom is 0.407 e. The number of carbonyl (C=O) groups is 1. The van der Waals surface area contributed by atoms with Crippen LogP contribution in [0.2, 0.25) is 5.02 Å². The molecule has 1 aromatic rings. The van der Waals surface area contributed by atoms with Crippen molar-refractivity contribution < 1.29 is 13.9 Å². The van der Waals surface area contributed by atoms with E-state index in [4.69, 9.17) is 16.3 Å². The van der Waals surface area contributed by atoms with Gasteiger partial charge in [0.1, 0.15) is 5.82 Å². The lowest BCUT2D eigenvalue weighted by Gasteiger charge is -2.24. The average Bonchev–Trinajstić information content (AvgIpc) is 2.22. The van der Waals surface area contributed by atoms with E-state index < -0.39 is 6.09 Å². The van der Waals surface area contributed by atoms with Gasteiger partial charge < -0.3 is 10.1 Å². The molecule has 2 rings (SSSR count). The van der Waals surface area contributed by atoms with Crippen LogP contribution in [-0.4, -0.2) is 12.7 Å². The van der Waals surface area contributed by atoms with E-state index in [2.05, 4.69) is 5.32 Å². The molecule has 1 N–H and O–H groups in total. The second-order valence-electron chi connectivity index (χ2n) is 3.29. The van der Waals surface area contributed by atoms with Gasteiger partial charge in [0.15, 0.2) is 0 Å². The van der Waals surface area contributed by atoms with Crippen LogP contribution in [0.3, 0.4) is 0 Å². The van der Waals surface area contributed by atoms with Crippen LogP contribution in [0.1, 0.15) is 18.0 Å². The largest absolute Gasteiger partial charge is 0.449 e. The first-order valence-electron chi connectivity index (χ1n) is 4.55. The zero-order valence-electron chi connectivity index (χ0n) is 8.20. The van der Waals surface area contributed by atoms with Crippen LogP contribution in [0, 0.1) is 5.82 Å². The number of carbonyl (C=O) groups excluding carboxylic acids is 1. The monoisotopic (exact) mass is 265 g/mol. The Morgan fingerprint density at radius 2 is 2.25 bits per heavy atom. The molecule has 88 valence electrons. The summed E-state index contributed by atoms with van der Waals surface area (Å²) in [5.41, 5.74) is 0.402. The minimum atomic E-state index is -0.523. The molecular weight excluding hydrogens is 256 g/mol. The summed E-state index contributed by atoms with van der Waals surface area (Å²) < 4.78 is 18.1. The van der Waals surface area contributed by atoms with E-state index in [-0.39, 0.29) is 24.3 Å². The number of cyclic esters (lactones) is 1. The summed E-state index contributed by atoms with van der Waals surface area (Å²) in [7, 11) is 0. The number of alkyl carbamates (subject to hydrolysis) is 1. The van der Waals surface area contributed by atoms with Crippen LogP contribution in [0.25, 0.3) is 0 Å². The highest BCUT2D eigenvalue weighted by molar-refractivity contribution is 6.30. The first-order valence-corrected chi connectivity index (χ1v) is 4.93. The fourth-order valence-corrected chi connectivity index (χ4v) is 1.72. The smallest absolute Gasteiger partial charge is 0.407 e. The van der Waals surface area contributed by atoms with E-state index in [1.807, 2.05) is 0 Å². The van der Waals surface area contributed by atoms with Crippen LogP contribution in [0.15, 0.2) is 18.2 Å². The van der Waals surface area contributed by atoms with Crippen LogP contribution < -0.4 is 5.32 Å². The summed E-state index contributed by atoms with van der Waals surface area (Å²) in [5.74, 6) is -0.369. The summed E-state index contributed by atoms with van der Waals surface area (Å²) in [6, 6.07) is 3.93. The summed E-state index contributed by atoms with van der Waals surface area (Å²) in [6.45, 7) is 0.294. The minimum Gasteiger partial charge on any atom is -0.449 e. The second kappa shape index (κ2) is 5.37. The van der Waals surface area contributed by atoms with Gasteiger partial charge in [0.2, 0.25) is 0 Å². The Kier molecular flexibility index (Phi) is 4.38. The van der Waals surface area contributed by atoms with Crippen molar-refractivity contribution in [1.29, 1.82) is 0 Å². The lowest BCUT2D eigenvalue weighted by molar-refractivity contribution is 0.115. The number of benzene rings is 1. The SMILES string of the molecule is Cl.O=C1N[C@H](c2cc(Cl)ccc2F)CCO1. The molecule has 1 heterocycles. The van der Waals surface area contributed by atoms with E-state index in [0.717, 1.165) is 0 Å². The van der Waals surface area contributed by atoms with Crippen molar-refractivity contribution in [1.82, 2.24) is 5.32 Å². The second-order valence-corrected chi connectivity index (χ2v) is 3.72. The standard InChI is InChI=1S/C10H9ClFNO2.ClH/c11-6-1-2-8(12)7(5-6)9-3-4-15-10(14)13-9;/h1-2,5,9H,3-4H2,(H,13,14);1H/t9-;/m0./s1. The van der Waals surface area contributed by atoms with Gasteiger partial charge in [0.25, 0.3) is 0 Å². The molecule has 1 atom stereocenters. The number of hydrogen-bond donors (Lipinski definition) is 1. The summed E-state index contributed by atoms with van der Waals surface area (Å²) >= 11 is 5.76. The maximum absolute atomic E-state index is 13.4. The zero-order valence-corrected chi connectivity index (χ0v) is 9.78. The van der Waals surface area contributed by atoms with E-state index in [1.165, 1.54) is 18.2 Å². The molecule has 1 aromatic carbocycles. The quantitative estimate of drug-likeness (QED) is 0.848. The number of halogens is 3. The van der Waals surface area contributed by atoms with Crippen molar-refractivity contribution in [3.05, 3.63) is 34.6 Å². The molecule has 1 aliphatic rings. The van der Waals surface area contributed by atoms with Gasteiger partial charge in [-0.05, 0) is 18.2 Å². The van der Waals surface area contributed by atoms with E-state index in [9.17, 15) is 9.18 Å². The molecule has 3 nitrogen and oxygen atoms in total. The fraction of sp³-hybridized carbons (Fsp3) is 0.300. The molecule has 0 saturated carbocycles. The van der Waals surface area contributed by atoms with Crippen molar-refractivity contribution in [3.63, 3.8) is 0 Å². The van der Waals surface area contributed by atoms with Gasteiger partial charge in [0.05, 0.1) is 12.6 Å². The van der Waals surface area contributed by atoms with Crippen LogP contribution >= 0.6 is 24.0 Å². The first kappa shape index (κ1) is 13.1. The van der Waals surface area contributed by atoms with E-state index in [0.29, 0.717) is 23.6 Å². The average molecular weight is 266 g/mol. The number of amides is 1. The van der Waals surface area contributed by atoms with Crippen molar-refractivity contribution in [2.24, 2.45) is 0 Å². The Hall–Kier alpha value is -1.00. The molecule has 0 aliphatic carbocycles. The molecular formula is C10H10Cl2FNO2. The van der Waals surface area contributed by atoms with Crippen molar-refractivity contribution in [2.45, 2.75) is 12.5 Å². The Bertz CT molecular complexity index is 400. The van der Waals surface area contributed by atoms with E-state index in [1.54, 1.807) is 0 Å². The molecule has 1 aliphatic heterocycles. The highest BCUT2D eigenvalue weighted by Crippen LogP contribution is 2.25. The van der Waals surface area contributed by atoms with Crippen LogP contribution in [0.4, 0.5) is 9.18 Å². The number of hydrogen-bond acceptors (Lipinski definition) is 2. The predicted octanol–water partition coefficient (Wildman–Crippen LogP) is 3.07. The van der Waals surface area contributed by atoms with Crippen molar-refractivity contribution >= 4 is 30.1 Å².